The Bertz CT molecular complexity index is 763. The van der Waals surface area contributed by atoms with Gasteiger partial charge in [0.1, 0.15) is 11.8 Å². The van der Waals surface area contributed by atoms with Crippen molar-refractivity contribution in [1.29, 1.82) is 0 Å². The summed E-state index contributed by atoms with van der Waals surface area (Å²) in [5.74, 6) is -3.29. The first kappa shape index (κ1) is 20.7. The van der Waals surface area contributed by atoms with Gasteiger partial charge in [-0.05, 0) is 17.7 Å². The van der Waals surface area contributed by atoms with Gasteiger partial charge in [-0.1, -0.05) is 12.1 Å². The van der Waals surface area contributed by atoms with E-state index in [-0.39, 0.29) is 19.6 Å². The van der Waals surface area contributed by atoms with Gasteiger partial charge in [-0.25, -0.2) is 4.79 Å². The topological polar surface area (TPSA) is 163 Å². The van der Waals surface area contributed by atoms with E-state index in [0.717, 1.165) is 0 Å². The summed E-state index contributed by atoms with van der Waals surface area (Å²) in [6.45, 7) is -1.50. The van der Waals surface area contributed by atoms with Crippen LogP contribution < -0.4 is 26.0 Å². The van der Waals surface area contributed by atoms with Crippen LogP contribution in [0.15, 0.2) is 24.3 Å². The van der Waals surface area contributed by atoms with Crippen molar-refractivity contribution >= 4 is 29.6 Å². The highest BCUT2D eigenvalue weighted by atomic mass is 16.5. The van der Waals surface area contributed by atoms with Crippen LogP contribution in [0.4, 0.5) is 0 Å². The van der Waals surface area contributed by atoms with Gasteiger partial charge in [-0.15, -0.1) is 0 Å². The molecule has 0 saturated carbocycles. The zero-order chi connectivity index (χ0) is 20.5. The third-order valence-electron chi connectivity index (χ3n) is 3.70. The van der Waals surface area contributed by atoms with E-state index in [1.165, 1.54) is 0 Å². The van der Waals surface area contributed by atoms with Crippen LogP contribution in [-0.4, -0.2) is 67.0 Å². The number of fused-ring (bicyclic) bond motifs is 16. The molecular weight excluding hydrogens is 372 g/mol. The molecule has 1 atom stereocenters. The molecule has 150 valence electrons. The molecule has 1 aromatic rings. The van der Waals surface area contributed by atoms with Crippen molar-refractivity contribution in [3.63, 3.8) is 0 Å². The third-order valence-corrected chi connectivity index (χ3v) is 3.70. The first-order valence-corrected chi connectivity index (χ1v) is 8.37. The molecule has 0 aromatic heterocycles. The highest BCUT2D eigenvalue weighted by molar-refractivity contribution is 5.91. The highest BCUT2D eigenvalue weighted by Crippen LogP contribution is 2.13. The van der Waals surface area contributed by atoms with Gasteiger partial charge in [-0.3, -0.25) is 19.2 Å². The normalized spacial score (nSPS) is 19.6. The number of carboxylic acid groups (broad SMARTS) is 1. The summed E-state index contributed by atoms with van der Waals surface area (Å²) < 4.78 is 5.29. The molecule has 0 unspecified atom stereocenters. The van der Waals surface area contributed by atoms with Crippen molar-refractivity contribution < 1.29 is 33.8 Å². The average molecular weight is 392 g/mol. The maximum Gasteiger partial charge on any atom is 0.326 e. The van der Waals surface area contributed by atoms with E-state index in [1.807, 2.05) is 0 Å². The molecule has 3 rings (SSSR count). The van der Waals surface area contributed by atoms with Gasteiger partial charge in [0.05, 0.1) is 19.6 Å². The first-order valence-electron chi connectivity index (χ1n) is 8.37. The third kappa shape index (κ3) is 6.94. The summed E-state index contributed by atoms with van der Waals surface area (Å²) in [4.78, 5) is 58.2. The van der Waals surface area contributed by atoms with E-state index in [0.29, 0.717) is 11.3 Å². The van der Waals surface area contributed by atoms with Gasteiger partial charge in [0.25, 0.3) is 5.91 Å². The van der Waals surface area contributed by atoms with Crippen LogP contribution in [0.2, 0.25) is 0 Å². The van der Waals surface area contributed by atoms with Crippen molar-refractivity contribution in [2.24, 2.45) is 0 Å². The summed E-state index contributed by atoms with van der Waals surface area (Å²) in [5, 5.41) is 18.5. The number of carbonyl (C=O) groups is 5. The smallest absolute Gasteiger partial charge is 0.326 e. The van der Waals surface area contributed by atoms with Gasteiger partial charge in [0.15, 0.2) is 6.61 Å². The molecule has 28 heavy (non-hydrogen) atoms. The number of rotatable bonds is 1. The van der Waals surface area contributed by atoms with Crippen LogP contribution in [0, 0.1) is 0 Å². The summed E-state index contributed by atoms with van der Waals surface area (Å²) in [6, 6.07) is 5.15. The van der Waals surface area contributed by atoms with Crippen LogP contribution in [-0.2, 0) is 30.4 Å². The number of nitrogens with one attached hydrogen (secondary N) is 4. The second-order valence-electron chi connectivity index (χ2n) is 5.93. The molecule has 0 saturated heterocycles. The summed E-state index contributed by atoms with van der Waals surface area (Å²) in [5.41, 5.74) is 0.626. The highest BCUT2D eigenvalue weighted by Gasteiger charge is 2.21. The van der Waals surface area contributed by atoms with Crippen molar-refractivity contribution in [2.75, 3.05) is 26.2 Å². The monoisotopic (exact) mass is 392 g/mol. The number of hydrogen-bond acceptors (Lipinski definition) is 6. The number of amides is 4. The Morgan fingerprint density at radius 2 is 1.39 bits per heavy atom. The predicted octanol–water partition coefficient (Wildman–Crippen LogP) is -2.46. The molecule has 2 aliphatic rings. The van der Waals surface area contributed by atoms with Crippen molar-refractivity contribution in [3.05, 3.63) is 29.8 Å². The van der Waals surface area contributed by atoms with Crippen LogP contribution in [0.1, 0.15) is 5.56 Å². The molecule has 1 aromatic carbocycles. The minimum absolute atomic E-state index is 0.0197. The van der Waals surface area contributed by atoms with Crippen LogP contribution in [0.3, 0.4) is 0 Å². The Labute approximate surface area is 159 Å². The molecule has 4 amide bonds. The molecule has 11 heteroatoms. The quantitative estimate of drug-likeness (QED) is 0.331. The molecule has 0 aliphatic carbocycles. The van der Waals surface area contributed by atoms with Gasteiger partial charge in [0, 0.05) is 6.42 Å². The Hall–Kier alpha value is -3.63. The lowest BCUT2D eigenvalue weighted by Gasteiger charge is -2.15. The number of carboxylic acids is 1. The lowest BCUT2D eigenvalue weighted by Crippen LogP contribution is -2.48. The molecular formula is C17H20N4O7. The Morgan fingerprint density at radius 3 is 1.96 bits per heavy atom. The van der Waals surface area contributed by atoms with Crippen LogP contribution in [0.25, 0.3) is 0 Å². The van der Waals surface area contributed by atoms with E-state index < -0.39 is 48.7 Å². The Morgan fingerprint density at radius 1 is 0.857 bits per heavy atom. The molecule has 2 aliphatic heterocycles. The second-order valence-corrected chi connectivity index (χ2v) is 5.93. The summed E-state index contributed by atoms with van der Waals surface area (Å²) in [7, 11) is 0. The van der Waals surface area contributed by atoms with Crippen molar-refractivity contribution in [2.45, 2.75) is 12.5 Å². The number of carbonyl (C=O) groups excluding carboxylic acids is 4. The fraction of sp³-hybridized carbons (Fsp3) is 0.353. The second kappa shape index (κ2) is 9.90. The SMILES string of the molecule is O=C1CNC(=O)COc2ccc(cc2)C[C@@H](C(=O)O)NC(=O)CNC(=O)CN1. The van der Waals surface area contributed by atoms with Gasteiger partial charge in [0.2, 0.25) is 17.7 Å². The number of hydrogen-bond donors (Lipinski definition) is 5. The minimum Gasteiger partial charge on any atom is -0.484 e. The lowest BCUT2D eigenvalue weighted by atomic mass is 10.1. The van der Waals surface area contributed by atoms with E-state index in [1.54, 1.807) is 24.3 Å². The first-order chi connectivity index (χ1) is 13.3. The van der Waals surface area contributed by atoms with Crippen LogP contribution in [0.5, 0.6) is 5.75 Å². The largest absolute Gasteiger partial charge is 0.484 e. The van der Waals surface area contributed by atoms with E-state index in [4.69, 9.17) is 4.74 Å². The van der Waals surface area contributed by atoms with E-state index >= 15 is 0 Å². The van der Waals surface area contributed by atoms with E-state index in [2.05, 4.69) is 21.3 Å². The standard InChI is InChI=1S/C17H20N4O7/c22-13-6-18-14(23)7-20-16(25)9-28-11-3-1-10(2-4-11)5-12(17(26)27)21-15(24)8-19-13/h1-4,12H,5-9H2,(H,18,23)(H,19,22)(H,20,25)(H,21,24)(H,26,27)/t12-/m0/s1. The zero-order valence-corrected chi connectivity index (χ0v) is 14.8. The number of benzene rings is 1. The fourth-order valence-corrected chi connectivity index (χ4v) is 2.26. The van der Waals surface area contributed by atoms with Crippen LogP contribution >= 0.6 is 0 Å². The predicted molar refractivity (Wildman–Crippen MR) is 94.2 cm³/mol. The molecule has 5 N–H and O–H groups in total. The maximum atomic E-state index is 11.9. The van der Waals surface area contributed by atoms with Gasteiger partial charge in [-0.2, -0.15) is 0 Å². The minimum atomic E-state index is -1.23. The summed E-state index contributed by atoms with van der Waals surface area (Å²) in [6.07, 6.45) is 0.0197. The van der Waals surface area contributed by atoms with Gasteiger partial charge >= 0.3 is 5.97 Å². The zero-order valence-electron chi connectivity index (χ0n) is 14.8. The lowest BCUT2D eigenvalue weighted by molar-refractivity contribution is -0.141. The number of ether oxygens (including phenoxy) is 1. The fourth-order valence-electron chi connectivity index (χ4n) is 2.26. The number of aliphatic carboxylic acids is 1. The summed E-state index contributed by atoms with van der Waals surface area (Å²) >= 11 is 0. The molecule has 2 bridgehead atoms. The van der Waals surface area contributed by atoms with E-state index in [9.17, 15) is 29.1 Å². The molecule has 0 fully saturated rings. The molecule has 11 nitrogen and oxygen atoms in total. The molecule has 0 spiro atoms. The van der Waals surface area contributed by atoms with Crippen molar-refractivity contribution in [3.8, 4) is 5.75 Å². The maximum absolute atomic E-state index is 11.9. The Kier molecular flexibility index (Phi) is 7.31. The Balaban J connectivity index is 2.10. The molecule has 0 radical (unpaired) electrons. The van der Waals surface area contributed by atoms with Crippen molar-refractivity contribution in [1.82, 2.24) is 21.3 Å². The van der Waals surface area contributed by atoms with Gasteiger partial charge < -0.3 is 31.1 Å². The average Bonchev–Trinajstić information content (AvgIpc) is 2.67. The molecule has 2 heterocycles.